The lowest BCUT2D eigenvalue weighted by atomic mass is 10.2. The van der Waals surface area contributed by atoms with Crippen molar-refractivity contribution >= 4 is 15.8 Å². The van der Waals surface area contributed by atoms with Crippen LogP contribution in [-0.2, 0) is 19.4 Å². The van der Waals surface area contributed by atoms with Gasteiger partial charge in [-0.3, -0.25) is 4.79 Å². The Hall–Kier alpha value is -0.620. The fourth-order valence-corrected chi connectivity index (χ4v) is 2.36. The number of carbonyl (C=O) groups is 1. The molecule has 0 aliphatic heterocycles. The molecule has 0 aromatic rings. The summed E-state index contributed by atoms with van der Waals surface area (Å²) < 4.78 is 26.9. The first-order chi connectivity index (χ1) is 6.87. The number of carbonyl (C=O) groups excluding carboxylic acids is 1. The maximum Gasteiger partial charge on any atom is 0.320 e. The van der Waals surface area contributed by atoms with Crippen LogP contribution in [0.25, 0.3) is 0 Å². The lowest BCUT2D eigenvalue weighted by Crippen LogP contribution is -2.20. The smallest absolute Gasteiger partial charge is 0.320 e. The zero-order valence-corrected chi connectivity index (χ0v) is 10.0. The van der Waals surface area contributed by atoms with Crippen molar-refractivity contribution in [1.29, 1.82) is 0 Å². The lowest BCUT2D eigenvalue weighted by Gasteiger charge is -2.05. The van der Waals surface area contributed by atoms with Crippen molar-refractivity contribution in [1.82, 2.24) is 0 Å². The molecule has 6 heteroatoms. The van der Waals surface area contributed by atoms with E-state index < -0.39 is 21.6 Å². The van der Waals surface area contributed by atoms with E-state index in [9.17, 15) is 13.2 Å². The quantitative estimate of drug-likeness (QED) is 0.501. The van der Waals surface area contributed by atoms with Crippen molar-refractivity contribution in [2.45, 2.75) is 32.2 Å². The average Bonchev–Trinajstić information content (AvgIpc) is 2.11. The van der Waals surface area contributed by atoms with Gasteiger partial charge < -0.3 is 10.5 Å². The van der Waals surface area contributed by atoms with Gasteiger partial charge in [0.25, 0.3) is 0 Å². The highest BCUT2D eigenvalue weighted by molar-refractivity contribution is 7.92. The topological polar surface area (TPSA) is 86.5 Å². The van der Waals surface area contributed by atoms with Gasteiger partial charge in [0.1, 0.15) is 5.75 Å². The Morgan fingerprint density at radius 2 is 2.00 bits per heavy atom. The molecule has 0 saturated heterocycles. The normalized spacial score (nSPS) is 13.5. The summed E-state index contributed by atoms with van der Waals surface area (Å²) in [5.41, 5.74) is 5.52. The van der Waals surface area contributed by atoms with Crippen LogP contribution in [0.15, 0.2) is 0 Å². The fraction of sp³-hybridized carbons (Fsp3) is 0.889. The van der Waals surface area contributed by atoms with Crippen molar-refractivity contribution in [3.05, 3.63) is 0 Å². The molecule has 0 aromatic heterocycles. The second-order valence-corrected chi connectivity index (χ2v) is 5.83. The largest absolute Gasteiger partial charge is 0.468 e. The van der Waals surface area contributed by atoms with Gasteiger partial charge in [-0.2, -0.15) is 0 Å². The molecule has 0 aliphatic rings. The number of hydrogen-bond donors (Lipinski definition) is 1. The molecule has 0 rings (SSSR count). The van der Waals surface area contributed by atoms with Crippen molar-refractivity contribution in [2.24, 2.45) is 5.73 Å². The summed E-state index contributed by atoms with van der Waals surface area (Å²) in [6.07, 6.45) is 2.10. The highest BCUT2D eigenvalue weighted by atomic mass is 32.2. The third kappa shape index (κ3) is 8.38. The minimum absolute atomic E-state index is 0.0226. The first kappa shape index (κ1) is 14.4. The van der Waals surface area contributed by atoms with Crippen LogP contribution in [0.5, 0.6) is 0 Å². The molecule has 0 fully saturated rings. The summed E-state index contributed by atoms with van der Waals surface area (Å²) >= 11 is 0. The molecule has 0 spiro atoms. The third-order valence-corrected chi connectivity index (χ3v) is 3.52. The Morgan fingerprint density at radius 1 is 1.40 bits per heavy atom. The third-order valence-electron chi connectivity index (χ3n) is 1.93. The van der Waals surface area contributed by atoms with E-state index in [-0.39, 0.29) is 11.8 Å². The van der Waals surface area contributed by atoms with Gasteiger partial charge in [-0.25, -0.2) is 8.42 Å². The van der Waals surface area contributed by atoms with Gasteiger partial charge in [-0.15, -0.1) is 0 Å². The maximum atomic E-state index is 11.3. The molecule has 0 heterocycles. The summed E-state index contributed by atoms with van der Waals surface area (Å²) in [6, 6.07) is 0.0910. The molecule has 0 radical (unpaired) electrons. The first-order valence-corrected chi connectivity index (χ1v) is 6.72. The molecule has 90 valence electrons. The number of methoxy groups -OCH3 is 1. The Balaban J connectivity index is 3.80. The minimum atomic E-state index is -3.31. The molecule has 1 atom stereocenters. The number of ether oxygens (including phenoxy) is 1. The first-order valence-electron chi connectivity index (χ1n) is 4.90. The lowest BCUT2D eigenvalue weighted by molar-refractivity contribution is -0.137. The monoisotopic (exact) mass is 237 g/mol. The van der Waals surface area contributed by atoms with E-state index in [0.29, 0.717) is 6.42 Å². The van der Waals surface area contributed by atoms with Crippen LogP contribution in [-0.4, -0.2) is 39.0 Å². The summed E-state index contributed by atoms with van der Waals surface area (Å²) in [7, 11) is -2.13. The summed E-state index contributed by atoms with van der Waals surface area (Å²) in [5.74, 6) is -1.21. The van der Waals surface area contributed by atoms with Gasteiger partial charge in [0.2, 0.25) is 0 Å². The molecular weight excluding hydrogens is 218 g/mol. The number of sulfone groups is 1. The van der Waals surface area contributed by atoms with Crippen LogP contribution in [0.2, 0.25) is 0 Å². The second kappa shape index (κ2) is 6.79. The maximum absolute atomic E-state index is 11.3. The van der Waals surface area contributed by atoms with E-state index in [1.54, 1.807) is 0 Å². The van der Waals surface area contributed by atoms with E-state index in [4.69, 9.17) is 5.73 Å². The van der Waals surface area contributed by atoms with Crippen LogP contribution in [0.3, 0.4) is 0 Å². The van der Waals surface area contributed by atoms with Gasteiger partial charge in [-0.05, 0) is 19.8 Å². The summed E-state index contributed by atoms with van der Waals surface area (Å²) in [6.45, 7) is 1.88. The molecule has 0 aromatic carbocycles. The van der Waals surface area contributed by atoms with Gasteiger partial charge in [0.05, 0.1) is 12.9 Å². The van der Waals surface area contributed by atoms with E-state index in [1.807, 2.05) is 6.92 Å². The second-order valence-electron chi connectivity index (χ2n) is 3.64. The standard InChI is InChI=1S/C9H19NO4S/c1-8(10)5-3-4-6-15(12,13)7-9(11)14-2/h8H,3-7,10H2,1-2H3. The van der Waals surface area contributed by atoms with Crippen LogP contribution in [0.4, 0.5) is 0 Å². The van der Waals surface area contributed by atoms with Gasteiger partial charge in [0, 0.05) is 6.04 Å². The molecule has 0 bridgehead atoms. The Labute approximate surface area is 90.9 Å². The molecule has 0 saturated carbocycles. The number of rotatable bonds is 7. The van der Waals surface area contributed by atoms with Crippen molar-refractivity contribution in [3.8, 4) is 0 Å². The zero-order valence-electron chi connectivity index (χ0n) is 9.23. The molecule has 0 aliphatic carbocycles. The Bertz CT molecular complexity index is 284. The number of hydrogen-bond acceptors (Lipinski definition) is 5. The van der Waals surface area contributed by atoms with Crippen LogP contribution < -0.4 is 5.73 Å². The zero-order chi connectivity index (χ0) is 11.9. The Morgan fingerprint density at radius 3 is 2.47 bits per heavy atom. The highest BCUT2D eigenvalue weighted by Crippen LogP contribution is 2.02. The fourth-order valence-electron chi connectivity index (χ4n) is 1.10. The molecule has 2 N–H and O–H groups in total. The molecule has 0 amide bonds. The van der Waals surface area contributed by atoms with Gasteiger partial charge in [-0.1, -0.05) is 6.42 Å². The highest BCUT2D eigenvalue weighted by Gasteiger charge is 2.16. The minimum Gasteiger partial charge on any atom is -0.468 e. The average molecular weight is 237 g/mol. The van der Waals surface area contributed by atoms with Crippen LogP contribution >= 0.6 is 0 Å². The van der Waals surface area contributed by atoms with Gasteiger partial charge >= 0.3 is 5.97 Å². The van der Waals surface area contributed by atoms with E-state index >= 15 is 0 Å². The molecule has 1 unspecified atom stereocenters. The van der Waals surface area contributed by atoms with Gasteiger partial charge in [0.15, 0.2) is 9.84 Å². The van der Waals surface area contributed by atoms with E-state index in [2.05, 4.69) is 4.74 Å². The summed E-state index contributed by atoms with van der Waals surface area (Å²) in [4.78, 5) is 10.7. The predicted molar refractivity (Wildman–Crippen MR) is 58.2 cm³/mol. The van der Waals surface area contributed by atoms with Crippen molar-refractivity contribution < 1.29 is 17.9 Å². The van der Waals surface area contributed by atoms with Crippen LogP contribution in [0.1, 0.15) is 26.2 Å². The van der Waals surface area contributed by atoms with E-state index in [0.717, 1.165) is 12.8 Å². The molecule has 15 heavy (non-hydrogen) atoms. The number of nitrogens with two attached hydrogens (primary N) is 1. The van der Waals surface area contributed by atoms with Crippen LogP contribution in [0, 0.1) is 0 Å². The number of unbranched alkanes of at least 4 members (excludes halogenated alkanes) is 1. The van der Waals surface area contributed by atoms with E-state index in [1.165, 1.54) is 7.11 Å². The van der Waals surface area contributed by atoms with Crippen molar-refractivity contribution in [2.75, 3.05) is 18.6 Å². The predicted octanol–water partition coefficient (Wildman–Crippen LogP) is 0.0917. The Kier molecular flexibility index (Phi) is 6.51. The van der Waals surface area contributed by atoms with Crippen molar-refractivity contribution in [3.63, 3.8) is 0 Å². The summed E-state index contributed by atoms with van der Waals surface area (Å²) in [5, 5.41) is 0. The molecular formula is C9H19NO4S. The molecule has 5 nitrogen and oxygen atoms in total. The SMILES string of the molecule is COC(=O)CS(=O)(=O)CCCCC(C)N. The number of esters is 1.